The number of aliphatic carboxylic acids is 1. The van der Waals surface area contributed by atoms with Gasteiger partial charge in [0.2, 0.25) is 5.91 Å². The molecule has 31 heavy (non-hydrogen) atoms. The van der Waals surface area contributed by atoms with Gasteiger partial charge in [0, 0.05) is 13.2 Å². The van der Waals surface area contributed by atoms with E-state index in [2.05, 4.69) is 29.8 Å². The van der Waals surface area contributed by atoms with Crippen LogP contribution in [-0.2, 0) is 14.3 Å². The topological polar surface area (TPSA) is 126 Å². The van der Waals surface area contributed by atoms with Crippen molar-refractivity contribution < 1.29 is 29.0 Å². The van der Waals surface area contributed by atoms with Gasteiger partial charge < -0.3 is 30.5 Å². The van der Waals surface area contributed by atoms with Gasteiger partial charge in [-0.1, -0.05) is 44.4 Å². The van der Waals surface area contributed by atoms with E-state index in [1.165, 1.54) is 18.4 Å². The lowest BCUT2D eigenvalue weighted by atomic mass is 10.2. The summed E-state index contributed by atoms with van der Waals surface area (Å²) in [5, 5.41) is 15.3. The fourth-order valence-electron chi connectivity index (χ4n) is 1.94. The number of aryl methyl sites for hydroxylation is 1. The maximum Gasteiger partial charge on any atom is 0.323 e. The first kappa shape index (κ1) is 28.2. The number of unbranched alkanes of at least 4 members (excludes halogenated alkanes) is 2. The highest BCUT2D eigenvalue weighted by Crippen LogP contribution is 2.11. The van der Waals surface area contributed by atoms with Gasteiger partial charge >= 0.3 is 12.0 Å². The van der Waals surface area contributed by atoms with Crippen molar-refractivity contribution in [2.45, 2.75) is 46.5 Å². The minimum Gasteiger partial charge on any atom is -0.494 e. The average molecular weight is 440 g/mol. The van der Waals surface area contributed by atoms with Crippen molar-refractivity contribution in [3.63, 3.8) is 0 Å². The Hall–Kier alpha value is -2.81. The van der Waals surface area contributed by atoms with Crippen molar-refractivity contribution in [1.82, 2.24) is 16.0 Å². The molecule has 9 nitrogen and oxygen atoms in total. The average Bonchev–Trinajstić information content (AvgIpc) is 2.76. The standard InChI is InChI=1S/C18H27N3O6.C4H10/c1-14-4-6-15(7-5-14)27-10-3-2-9-26-11-8-19-16(22)12-20-18(25)21-13-17(23)24;1-3-4-2/h4-7H,2-3,8-13H2,1H3,(H,19,22)(H,23,24)(H2,20,21,25);3-4H2,1-2H3. The molecule has 9 heteroatoms. The van der Waals surface area contributed by atoms with Gasteiger partial charge in [-0.3, -0.25) is 9.59 Å². The quantitative estimate of drug-likeness (QED) is 0.330. The predicted octanol–water partition coefficient (Wildman–Crippen LogP) is 2.48. The second-order valence-electron chi connectivity index (χ2n) is 6.76. The highest BCUT2D eigenvalue weighted by Gasteiger charge is 2.05. The Morgan fingerprint density at radius 2 is 1.48 bits per heavy atom. The molecule has 0 aliphatic heterocycles. The third-order valence-corrected chi connectivity index (χ3v) is 3.85. The number of carboxylic acid groups (broad SMARTS) is 1. The Morgan fingerprint density at radius 3 is 2.10 bits per heavy atom. The summed E-state index contributed by atoms with van der Waals surface area (Å²) in [4.78, 5) is 32.9. The molecule has 0 saturated heterocycles. The lowest BCUT2D eigenvalue weighted by Gasteiger charge is -2.08. The Morgan fingerprint density at radius 1 is 0.871 bits per heavy atom. The first-order chi connectivity index (χ1) is 14.9. The van der Waals surface area contributed by atoms with Gasteiger partial charge in [-0.15, -0.1) is 0 Å². The van der Waals surface area contributed by atoms with Gasteiger partial charge in [-0.2, -0.15) is 0 Å². The van der Waals surface area contributed by atoms with Crippen LogP contribution < -0.4 is 20.7 Å². The SMILES string of the molecule is CCCC.Cc1ccc(OCCCCOCCNC(=O)CNC(=O)NCC(=O)O)cc1. The van der Waals surface area contributed by atoms with Gasteiger partial charge in [0.05, 0.1) is 19.8 Å². The summed E-state index contributed by atoms with van der Waals surface area (Å²) in [6, 6.07) is 7.19. The van der Waals surface area contributed by atoms with Gasteiger partial charge in [0.15, 0.2) is 0 Å². The summed E-state index contributed by atoms with van der Waals surface area (Å²) < 4.78 is 11.0. The molecule has 0 atom stereocenters. The van der Waals surface area contributed by atoms with Crippen LogP contribution >= 0.6 is 0 Å². The van der Waals surface area contributed by atoms with E-state index in [0.717, 1.165) is 18.6 Å². The summed E-state index contributed by atoms with van der Waals surface area (Å²) in [7, 11) is 0. The number of hydrogen-bond donors (Lipinski definition) is 4. The summed E-state index contributed by atoms with van der Waals surface area (Å²) >= 11 is 0. The Kier molecular flexibility index (Phi) is 17.4. The molecule has 4 N–H and O–H groups in total. The maximum absolute atomic E-state index is 11.5. The van der Waals surface area contributed by atoms with Gasteiger partial charge in [-0.25, -0.2) is 4.79 Å². The Bertz CT molecular complexity index is 620. The predicted molar refractivity (Wildman–Crippen MR) is 119 cm³/mol. The van der Waals surface area contributed by atoms with Crippen LogP contribution in [0.15, 0.2) is 24.3 Å². The second-order valence-corrected chi connectivity index (χ2v) is 6.76. The number of carbonyl (C=O) groups excluding carboxylic acids is 2. The zero-order chi connectivity index (χ0) is 23.3. The number of ether oxygens (including phenoxy) is 2. The molecule has 176 valence electrons. The van der Waals surface area contributed by atoms with Gasteiger partial charge in [0.1, 0.15) is 12.3 Å². The molecule has 0 unspecified atom stereocenters. The monoisotopic (exact) mass is 439 g/mol. The smallest absolute Gasteiger partial charge is 0.323 e. The number of nitrogens with one attached hydrogen (secondary N) is 3. The van der Waals surface area contributed by atoms with E-state index in [9.17, 15) is 14.4 Å². The van der Waals surface area contributed by atoms with E-state index >= 15 is 0 Å². The second kappa shape index (κ2) is 19.2. The van der Waals surface area contributed by atoms with Crippen molar-refractivity contribution in [2.75, 3.05) is 39.5 Å². The van der Waals surface area contributed by atoms with Crippen LogP contribution in [0.2, 0.25) is 0 Å². The number of carboxylic acids is 1. The van der Waals surface area contributed by atoms with Gasteiger partial charge in [0.25, 0.3) is 0 Å². The first-order valence-electron chi connectivity index (χ1n) is 10.7. The van der Waals surface area contributed by atoms with E-state index in [1.807, 2.05) is 31.2 Å². The Labute approximate surface area is 184 Å². The molecule has 0 aliphatic rings. The molecule has 0 heterocycles. The molecular weight excluding hydrogens is 402 g/mol. The summed E-state index contributed by atoms with van der Waals surface area (Å²) in [5.74, 6) is -0.682. The maximum atomic E-state index is 11.5. The molecular formula is C22H37N3O6. The lowest BCUT2D eigenvalue weighted by Crippen LogP contribution is -2.43. The van der Waals surface area contributed by atoms with Crippen LogP contribution in [0.5, 0.6) is 5.75 Å². The van der Waals surface area contributed by atoms with Crippen molar-refractivity contribution in [3.8, 4) is 5.75 Å². The molecule has 3 amide bonds. The van der Waals surface area contributed by atoms with E-state index < -0.39 is 18.5 Å². The summed E-state index contributed by atoms with van der Waals surface area (Å²) in [5.41, 5.74) is 1.19. The number of benzene rings is 1. The van der Waals surface area contributed by atoms with Crippen LogP contribution in [-0.4, -0.2) is 62.5 Å². The molecule has 0 radical (unpaired) electrons. The third kappa shape index (κ3) is 18.9. The molecule has 0 bridgehead atoms. The fraction of sp³-hybridized carbons (Fsp3) is 0.591. The largest absolute Gasteiger partial charge is 0.494 e. The normalized spacial score (nSPS) is 9.77. The molecule has 0 saturated carbocycles. The first-order valence-corrected chi connectivity index (χ1v) is 10.7. The van der Waals surface area contributed by atoms with Crippen LogP contribution in [0.1, 0.15) is 45.1 Å². The number of hydrogen-bond acceptors (Lipinski definition) is 5. The van der Waals surface area contributed by atoms with Crippen molar-refractivity contribution >= 4 is 17.9 Å². The minimum absolute atomic E-state index is 0.234. The molecule has 0 fully saturated rings. The van der Waals surface area contributed by atoms with Gasteiger partial charge in [-0.05, 0) is 31.9 Å². The number of carbonyl (C=O) groups is 3. The van der Waals surface area contributed by atoms with Crippen molar-refractivity contribution in [3.05, 3.63) is 29.8 Å². The van der Waals surface area contributed by atoms with Crippen LogP contribution in [0.4, 0.5) is 4.79 Å². The van der Waals surface area contributed by atoms with Crippen LogP contribution in [0.3, 0.4) is 0 Å². The van der Waals surface area contributed by atoms with Crippen LogP contribution in [0.25, 0.3) is 0 Å². The Balaban J connectivity index is 0.00000206. The molecule has 0 aromatic heterocycles. The zero-order valence-electron chi connectivity index (χ0n) is 18.9. The highest BCUT2D eigenvalue weighted by molar-refractivity contribution is 5.85. The zero-order valence-corrected chi connectivity index (χ0v) is 18.9. The minimum atomic E-state index is -1.16. The van der Waals surface area contributed by atoms with Crippen LogP contribution in [0, 0.1) is 6.92 Å². The number of urea groups is 1. The molecule has 0 aliphatic carbocycles. The van der Waals surface area contributed by atoms with E-state index in [1.54, 1.807) is 0 Å². The molecule has 0 spiro atoms. The van der Waals surface area contributed by atoms with Crippen molar-refractivity contribution in [1.29, 1.82) is 0 Å². The third-order valence-electron chi connectivity index (χ3n) is 3.85. The number of amides is 3. The molecule has 1 rings (SSSR count). The summed E-state index contributed by atoms with van der Waals surface area (Å²) in [6.07, 6.45) is 4.36. The van der Waals surface area contributed by atoms with Crippen molar-refractivity contribution in [2.24, 2.45) is 0 Å². The van der Waals surface area contributed by atoms with E-state index in [4.69, 9.17) is 14.6 Å². The van der Waals surface area contributed by atoms with E-state index in [-0.39, 0.29) is 12.5 Å². The lowest BCUT2D eigenvalue weighted by molar-refractivity contribution is -0.135. The molecule has 1 aromatic carbocycles. The fourth-order valence-corrected chi connectivity index (χ4v) is 1.94. The number of rotatable bonds is 14. The highest BCUT2D eigenvalue weighted by atomic mass is 16.5. The van der Waals surface area contributed by atoms with E-state index in [0.29, 0.717) is 26.4 Å². The molecule has 1 aromatic rings. The summed E-state index contributed by atoms with van der Waals surface area (Å²) in [6.45, 7) is 7.55.